The van der Waals surface area contributed by atoms with E-state index in [-0.39, 0.29) is 30.2 Å². The Hall–Kier alpha value is -1.95. The zero-order chi connectivity index (χ0) is 17.0. The van der Waals surface area contributed by atoms with Crippen LogP contribution in [0.1, 0.15) is 38.4 Å². The van der Waals surface area contributed by atoms with Gasteiger partial charge in [0.25, 0.3) is 0 Å². The molecule has 126 valence electrons. The van der Waals surface area contributed by atoms with Crippen molar-refractivity contribution in [3.63, 3.8) is 0 Å². The van der Waals surface area contributed by atoms with E-state index in [0.717, 1.165) is 0 Å². The van der Waals surface area contributed by atoms with E-state index in [1.165, 1.54) is 18.2 Å². The molecule has 1 aromatic carbocycles. The Kier molecular flexibility index (Phi) is 5.71. The Bertz CT molecular complexity index is 577. The molecule has 1 aliphatic rings. The van der Waals surface area contributed by atoms with Crippen molar-refractivity contribution in [2.24, 2.45) is 5.92 Å². The molecule has 5 nitrogen and oxygen atoms in total. The van der Waals surface area contributed by atoms with Crippen LogP contribution >= 0.6 is 0 Å². The van der Waals surface area contributed by atoms with Crippen LogP contribution in [0.2, 0.25) is 0 Å². The van der Waals surface area contributed by atoms with Crippen molar-refractivity contribution in [1.29, 1.82) is 0 Å². The van der Waals surface area contributed by atoms with Crippen LogP contribution in [0.25, 0.3) is 0 Å². The molecule has 2 unspecified atom stereocenters. The number of carbonyl (C=O) groups excluding carboxylic acids is 2. The molecule has 0 bridgehead atoms. The number of hydrogen-bond acceptors (Lipinski definition) is 3. The molecule has 0 aliphatic carbocycles. The first-order valence-corrected chi connectivity index (χ1v) is 7.88. The number of carbonyl (C=O) groups is 2. The Labute approximate surface area is 135 Å². The van der Waals surface area contributed by atoms with Crippen molar-refractivity contribution >= 4 is 11.8 Å². The van der Waals surface area contributed by atoms with Gasteiger partial charge in [-0.1, -0.05) is 26.0 Å². The number of halogens is 1. The summed E-state index contributed by atoms with van der Waals surface area (Å²) >= 11 is 0. The number of nitrogens with one attached hydrogen (secondary N) is 1. The quantitative estimate of drug-likeness (QED) is 0.865. The fourth-order valence-electron chi connectivity index (χ4n) is 2.74. The van der Waals surface area contributed by atoms with Crippen molar-refractivity contribution in [3.05, 3.63) is 35.6 Å². The van der Waals surface area contributed by atoms with Crippen LogP contribution in [-0.2, 0) is 9.59 Å². The van der Waals surface area contributed by atoms with Gasteiger partial charge >= 0.3 is 0 Å². The first-order valence-electron chi connectivity index (χ1n) is 7.88. The first-order chi connectivity index (χ1) is 10.9. The molecule has 0 spiro atoms. The minimum absolute atomic E-state index is 0.0562. The average Bonchev–Trinajstić information content (AvgIpc) is 2.94. The summed E-state index contributed by atoms with van der Waals surface area (Å²) in [5.74, 6) is -0.716. The number of likely N-dealkylation sites (tertiary alicyclic amines) is 1. The third-order valence-electron chi connectivity index (χ3n) is 3.97. The summed E-state index contributed by atoms with van der Waals surface area (Å²) in [7, 11) is 0. The highest BCUT2D eigenvalue weighted by Gasteiger charge is 2.28. The van der Waals surface area contributed by atoms with Gasteiger partial charge in [-0.05, 0) is 24.1 Å². The van der Waals surface area contributed by atoms with E-state index in [2.05, 4.69) is 5.32 Å². The Morgan fingerprint density at radius 1 is 1.43 bits per heavy atom. The number of aliphatic hydroxyl groups excluding tert-OH is 1. The normalized spacial score (nSPS) is 19.0. The maximum Gasteiger partial charge on any atom is 0.225 e. The molecular weight excluding hydrogens is 299 g/mol. The van der Waals surface area contributed by atoms with Gasteiger partial charge in [0.05, 0.1) is 12.5 Å². The smallest absolute Gasteiger partial charge is 0.225 e. The lowest BCUT2D eigenvalue weighted by atomic mass is 10.1. The van der Waals surface area contributed by atoms with E-state index in [0.29, 0.717) is 25.1 Å². The van der Waals surface area contributed by atoms with Gasteiger partial charge in [0.1, 0.15) is 5.82 Å². The number of nitrogens with zero attached hydrogens (tertiary/aromatic N) is 1. The molecule has 2 N–H and O–H groups in total. The van der Waals surface area contributed by atoms with E-state index in [1.807, 2.05) is 13.8 Å². The maximum atomic E-state index is 13.1. The van der Waals surface area contributed by atoms with Crippen LogP contribution in [0.4, 0.5) is 4.39 Å². The number of rotatable bonds is 5. The Morgan fingerprint density at radius 2 is 2.17 bits per heavy atom. The van der Waals surface area contributed by atoms with E-state index >= 15 is 0 Å². The van der Waals surface area contributed by atoms with Crippen LogP contribution < -0.4 is 5.32 Å². The van der Waals surface area contributed by atoms with Gasteiger partial charge in [-0.3, -0.25) is 9.59 Å². The zero-order valence-corrected chi connectivity index (χ0v) is 13.5. The fourth-order valence-corrected chi connectivity index (χ4v) is 2.74. The van der Waals surface area contributed by atoms with Crippen LogP contribution in [0.15, 0.2) is 24.3 Å². The molecule has 1 aromatic rings. The minimum Gasteiger partial charge on any atom is -0.388 e. The SMILES string of the molecule is CC(C)C(=O)N1CCC(NC(=O)CC(O)c2cccc(F)c2)C1. The van der Waals surface area contributed by atoms with Gasteiger partial charge in [-0.2, -0.15) is 0 Å². The summed E-state index contributed by atoms with van der Waals surface area (Å²) < 4.78 is 13.1. The molecule has 0 radical (unpaired) electrons. The van der Waals surface area contributed by atoms with Crippen LogP contribution in [0.5, 0.6) is 0 Å². The first kappa shape index (κ1) is 17.4. The Morgan fingerprint density at radius 3 is 2.83 bits per heavy atom. The second-order valence-electron chi connectivity index (χ2n) is 6.27. The average molecular weight is 322 g/mol. The minimum atomic E-state index is -1.04. The summed E-state index contributed by atoms with van der Waals surface area (Å²) in [6, 6.07) is 5.49. The second-order valence-corrected chi connectivity index (χ2v) is 6.27. The predicted octanol–water partition coefficient (Wildman–Crippen LogP) is 1.62. The molecule has 2 amide bonds. The summed E-state index contributed by atoms with van der Waals surface area (Å²) in [6.07, 6.45) is -0.460. The van der Waals surface area contributed by atoms with Crippen LogP contribution in [0, 0.1) is 11.7 Å². The fraction of sp³-hybridized carbons (Fsp3) is 0.529. The molecule has 1 fully saturated rings. The lowest BCUT2D eigenvalue weighted by Crippen LogP contribution is -2.39. The summed E-state index contributed by atoms with van der Waals surface area (Å²) in [6.45, 7) is 4.83. The molecule has 0 saturated carbocycles. The zero-order valence-electron chi connectivity index (χ0n) is 13.5. The number of benzene rings is 1. The summed E-state index contributed by atoms with van der Waals surface area (Å²) in [5.41, 5.74) is 0.378. The van der Waals surface area contributed by atoms with E-state index in [4.69, 9.17) is 0 Å². The summed E-state index contributed by atoms with van der Waals surface area (Å²) in [5, 5.41) is 12.8. The lowest BCUT2D eigenvalue weighted by molar-refractivity contribution is -0.133. The van der Waals surface area contributed by atoms with Gasteiger partial charge in [0.2, 0.25) is 11.8 Å². The monoisotopic (exact) mass is 322 g/mol. The summed E-state index contributed by atoms with van der Waals surface area (Å²) in [4.78, 5) is 25.7. The lowest BCUT2D eigenvalue weighted by Gasteiger charge is -2.19. The van der Waals surface area contributed by atoms with E-state index in [1.54, 1.807) is 11.0 Å². The van der Waals surface area contributed by atoms with Crippen molar-refractivity contribution < 1.29 is 19.1 Å². The molecule has 6 heteroatoms. The van der Waals surface area contributed by atoms with E-state index < -0.39 is 11.9 Å². The number of aliphatic hydroxyl groups is 1. The molecule has 1 heterocycles. The second kappa shape index (κ2) is 7.55. The van der Waals surface area contributed by atoms with Gasteiger partial charge < -0.3 is 15.3 Å². The van der Waals surface area contributed by atoms with Crippen LogP contribution in [0.3, 0.4) is 0 Å². The van der Waals surface area contributed by atoms with Gasteiger partial charge in [-0.25, -0.2) is 4.39 Å². The molecule has 1 saturated heterocycles. The third-order valence-corrected chi connectivity index (χ3v) is 3.97. The van der Waals surface area contributed by atoms with Crippen LogP contribution in [-0.4, -0.2) is 41.0 Å². The topological polar surface area (TPSA) is 69.6 Å². The standard InChI is InChI=1S/C17H23FN2O3/c1-11(2)17(23)20-7-6-14(10-20)19-16(22)9-15(21)12-4-3-5-13(18)8-12/h3-5,8,11,14-15,21H,6-7,9-10H2,1-2H3,(H,19,22). The molecule has 1 aliphatic heterocycles. The predicted molar refractivity (Wildman–Crippen MR) is 83.9 cm³/mol. The van der Waals surface area contributed by atoms with Crippen molar-refractivity contribution in [1.82, 2.24) is 10.2 Å². The maximum absolute atomic E-state index is 13.1. The highest BCUT2D eigenvalue weighted by atomic mass is 19.1. The van der Waals surface area contributed by atoms with E-state index in [9.17, 15) is 19.1 Å². The van der Waals surface area contributed by atoms with Gasteiger partial charge in [-0.15, -0.1) is 0 Å². The molecule has 2 atom stereocenters. The largest absolute Gasteiger partial charge is 0.388 e. The molecule has 2 rings (SSSR count). The molecule has 0 aromatic heterocycles. The number of amides is 2. The van der Waals surface area contributed by atoms with Crippen molar-refractivity contribution in [2.45, 2.75) is 38.8 Å². The molecular formula is C17H23FN2O3. The van der Waals surface area contributed by atoms with Gasteiger partial charge in [0.15, 0.2) is 0 Å². The highest BCUT2D eigenvalue weighted by molar-refractivity contribution is 5.79. The Balaban J connectivity index is 1.82. The number of hydrogen-bond donors (Lipinski definition) is 2. The van der Waals surface area contributed by atoms with Gasteiger partial charge in [0, 0.05) is 25.0 Å². The molecule has 23 heavy (non-hydrogen) atoms. The third kappa shape index (κ3) is 4.76. The van der Waals surface area contributed by atoms with Crippen molar-refractivity contribution in [3.8, 4) is 0 Å². The van der Waals surface area contributed by atoms with Crippen molar-refractivity contribution in [2.75, 3.05) is 13.1 Å². The highest BCUT2D eigenvalue weighted by Crippen LogP contribution is 2.18.